The summed E-state index contributed by atoms with van der Waals surface area (Å²) >= 11 is 0. The van der Waals surface area contributed by atoms with Gasteiger partial charge in [0.2, 0.25) is 0 Å². The van der Waals surface area contributed by atoms with E-state index in [-0.39, 0.29) is 6.42 Å². The van der Waals surface area contributed by atoms with Crippen molar-refractivity contribution in [3.05, 3.63) is 29.3 Å². The van der Waals surface area contributed by atoms with Gasteiger partial charge in [-0.05, 0) is 44.4 Å². The van der Waals surface area contributed by atoms with E-state index < -0.39 is 5.97 Å². The molecule has 0 unspecified atom stereocenters. The molecule has 0 aliphatic heterocycles. The van der Waals surface area contributed by atoms with E-state index in [4.69, 9.17) is 5.11 Å². The Labute approximate surface area is 103 Å². The molecule has 94 valence electrons. The highest BCUT2D eigenvalue weighted by atomic mass is 16.4. The van der Waals surface area contributed by atoms with Crippen LogP contribution in [-0.4, -0.2) is 24.2 Å². The third-order valence-corrected chi connectivity index (χ3v) is 3.12. The minimum absolute atomic E-state index is 0.237. The number of hydrogen-bond donors (Lipinski definition) is 1. The van der Waals surface area contributed by atoms with Gasteiger partial charge in [0, 0.05) is 25.2 Å². The molecular weight excluding hydrogens is 214 g/mol. The van der Waals surface area contributed by atoms with Gasteiger partial charge in [-0.1, -0.05) is 12.1 Å². The summed E-state index contributed by atoms with van der Waals surface area (Å²) in [5.41, 5.74) is 3.78. The summed E-state index contributed by atoms with van der Waals surface area (Å²) in [5.74, 6) is -0.720. The smallest absolute Gasteiger partial charge is 0.303 e. The van der Waals surface area contributed by atoms with Crippen molar-refractivity contribution in [3.8, 4) is 0 Å². The van der Waals surface area contributed by atoms with Gasteiger partial charge >= 0.3 is 5.97 Å². The quantitative estimate of drug-likeness (QED) is 0.824. The van der Waals surface area contributed by atoms with Crippen molar-refractivity contribution < 1.29 is 9.90 Å². The number of carboxylic acid groups (broad SMARTS) is 1. The molecule has 1 aromatic carbocycles. The fourth-order valence-corrected chi connectivity index (χ4v) is 1.95. The fourth-order valence-electron chi connectivity index (χ4n) is 1.95. The fraction of sp³-hybridized carbons (Fsp3) is 0.500. The van der Waals surface area contributed by atoms with Gasteiger partial charge < -0.3 is 10.0 Å². The first kappa shape index (κ1) is 13.6. The van der Waals surface area contributed by atoms with Crippen LogP contribution in [-0.2, 0) is 4.79 Å². The molecule has 0 saturated carbocycles. The Morgan fingerprint density at radius 2 is 2.06 bits per heavy atom. The average molecular weight is 235 g/mol. The molecule has 17 heavy (non-hydrogen) atoms. The highest BCUT2D eigenvalue weighted by Gasteiger charge is 2.09. The number of carboxylic acids is 1. The highest BCUT2D eigenvalue weighted by Crippen LogP contribution is 2.22. The van der Waals surface area contributed by atoms with Crippen LogP contribution in [0.4, 0.5) is 5.69 Å². The van der Waals surface area contributed by atoms with Crippen molar-refractivity contribution in [2.45, 2.75) is 33.6 Å². The van der Waals surface area contributed by atoms with Gasteiger partial charge in [0.1, 0.15) is 0 Å². The number of nitrogens with zero attached hydrogens (tertiary/aromatic N) is 1. The van der Waals surface area contributed by atoms with Crippen LogP contribution in [0.2, 0.25) is 0 Å². The molecule has 0 aliphatic carbocycles. The molecule has 1 rings (SSSR count). The van der Waals surface area contributed by atoms with Crippen molar-refractivity contribution in [3.63, 3.8) is 0 Å². The van der Waals surface area contributed by atoms with Crippen molar-refractivity contribution in [1.82, 2.24) is 0 Å². The zero-order chi connectivity index (χ0) is 12.8. The summed E-state index contributed by atoms with van der Waals surface area (Å²) in [6.07, 6.45) is 0.928. The van der Waals surface area contributed by atoms with E-state index >= 15 is 0 Å². The first-order valence-corrected chi connectivity index (χ1v) is 6.09. The van der Waals surface area contributed by atoms with Crippen LogP contribution in [0.15, 0.2) is 18.2 Å². The Bertz CT molecular complexity index is 388. The van der Waals surface area contributed by atoms with E-state index in [1.54, 1.807) is 0 Å². The molecule has 0 bridgehead atoms. The van der Waals surface area contributed by atoms with Crippen LogP contribution in [0.5, 0.6) is 0 Å². The normalized spacial score (nSPS) is 10.3. The van der Waals surface area contributed by atoms with Crippen molar-refractivity contribution >= 4 is 11.7 Å². The highest BCUT2D eigenvalue weighted by molar-refractivity contribution is 5.66. The first-order chi connectivity index (χ1) is 8.06. The van der Waals surface area contributed by atoms with Gasteiger partial charge in [-0.2, -0.15) is 0 Å². The summed E-state index contributed by atoms with van der Waals surface area (Å²) in [7, 11) is 0. The molecule has 0 aromatic heterocycles. The molecule has 0 saturated heterocycles. The van der Waals surface area contributed by atoms with Crippen molar-refractivity contribution in [1.29, 1.82) is 0 Å². The monoisotopic (exact) mass is 235 g/mol. The third kappa shape index (κ3) is 3.77. The second-order valence-corrected chi connectivity index (χ2v) is 4.30. The maximum Gasteiger partial charge on any atom is 0.303 e. The maximum absolute atomic E-state index is 10.5. The largest absolute Gasteiger partial charge is 0.481 e. The van der Waals surface area contributed by atoms with E-state index in [0.29, 0.717) is 6.42 Å². The van der Waals surface area contributed by atoms with Gasteiger partial charge in [-0.15, -0.1) is 0 Å². The molecule has 0 fully saturated rings. The Balaban J connectivity index is 2.72. The lowest BCUT2D eigenvalue weighted by Gasteiger charge is -2.25. The minimum atomic E-state index is -0.720. The Hall–Kier alpha value is -1.51. The number of carbonyl (C=O) groups is 1. The number of benzene rings is 1. The van der Waals surface area contributed by atoms with Crippen LogP contribution in [0, 0.1) is 13.8 Å². The molecule has 1 aromatic rings. The van der Waals surface area contributed by atoms with Crippen LogP contribution in [0.1, 0.15) is 30.9 Å². The van der Waals surface area contributed by atoms with Crippen molar-refractivity contribution in [2.75, 3.05) is 18.0 Å². The lowest BCUT2D eigenvalue weighted by Crippen LogP contribution is -2.25. The predicted molar refractivity (Wildman–Crippen MR) is 70.7 cm³/mol. The molecular formula is C14H21NO2. The maximum atomic E-state index is 10.5. The lowest BCUT2D eigenvalue weighted by atomic mass is 10.1. The molecule has 3 nitrogen and oxygen atoms in total. The van der Waals surface area contributed by atoms with Crippen LogP contribution < -0.4 is 4.90 Å². The SMILES string of the molecule is CCN(CCCC(=O)O)c1cccc(C)c1C. The summed E-state index contributed by atoms with van der Waals surface area (Å²) in [6.45, 7) is 8.02. The van der Waals surface area contributed by atoms with E-state index in [9.17, 15) is 4.79 Å². The molecule has 0 heterocycles. The standard InChI is InChI=1S/C14H21NO2/c1-4-15(10-6-9-14(16)17)13-8-5-7-11(2)12(13)3/h5,7-8H,4,6,9-10H2,1-3H3,(H,16,17). The predicted octanol–water partition coefficient (Wildman–Crippen LogP) is 2.99. The van der Waals surface area contributed by atoms with Crippen molar-refractivity contribution in [2.24, 2.45) is 0 Å². The number of hydrogen-bond acceptors (Lipinski definition) is 2. The summed E-state index contributed by atoms with van der Waals surface area (Å²) in [4.78, 5) is 12.7. The molecule has 0 spiro atoms. The van der Waals surface area contributed by atoms with Crippen LogP contribution in [0.25, 0.3) is 0 Å². The van der Waals surface area contributed by atoms with Crippen LogP contribution in [0.3, 0.4) is 0 Å². The molecule has 1 N–H and O–H groups in total. The Morgan fingerprint density at radius 3 is 2.65 bits per heavy atom. The first-order valence-electron chi connectivity index (χ1n) is 6.09. The summed E-state index contributed by atoms with van der Waals surface area (Å²) < 4.78 is 0. The lowest BCUT2D eigenvalue weighted by molar-refractivity contribution is -0.137. The number of anilines is 1. The molecule has 0 amide bonds. The molecule has 0 aliphatic rings. The number of aliphatic carboxylic acids is 1. The van der Waals surface area contributed by atoms with E-state index in [1.165, 1.54) is 16.8 Å². The van der Waals surface area contributed by atoms with E-state index in [0.717, 1.165) is 13.1 Å². The van der Waals surface area contributed by atoms with Gasteiger partial charge in [0.15, 0.2) is 0 Å². The molecule has 0 radical (unpaired) electrons. The summed E-state index contributed by atoms with van der Waals surface area (Å²) in [6, 6.07) is 6.26. The van der Waals surface area contributed by atoms with Gasteiger partial charge in [0.05, 0.1) is 0 Å². The van der Waals surface area contributed by atoms with E-state index in [1.807, 2.05) is 0 Å². The van der Waals surface area contributed by atoms with Gasteiger partial charge in [0.25, 0.3) is 0 Å². The zero-order valence-corrected chi connectivity index (χ0v) is 10.9. The minimum Gasteiger partial charge on any atom is -0.481 e. The zero-order valence-electron chi connectivity index (χ0n) is 10.9. The van der Waals surface area contributed by atoms with Gasteiger partial charge in [-0.3, -0.25) is 4.79 Å². The van der Waals surface area contributed by atoms with Gasteiger partial charge in [-0.25, -0.2) is 0 Å². The third-order valence-electron chi connectivity index (χ3n) is 3.12. The van der Waals surface area contributed by atoms with E-state index in [2.05, 4.69) is 43.9 Å². The van der Waals surface area contributed by atoms with Crippen LogP contribution >= 0.6 is 0 Å². The average Bonchev–Trinajstić information content (AvgIpc) is 2.28. The topological polar surface area (TPSA) is 40.5 Å². The Morgan fingerprint density at radius 1 is 1.35 bits per heavy atom. The Kier molecular flexibility index (Phi) is 5.01. The molecule has 3 heteroatoms. The second-order valence-electron chi connectivity index (χ2n) is 4.30. The molecule has 0 atom stereocenters. The second kappa shape index (κ2) is 6.28. The number of rotatable bonds is 6. The summed E-state index contributed by atoms with van der Waals surface area (Å²) in [5, 5.41) is 8.65. The number of aryl methyl sites for hydroxylation is 1.